The number of para-hydroxylation sites is 1. The largest absolute Gasteiger partial charge is 0.462 e. The molecule has 0 atom stereocenters. The number of ether oxygens (including phenoxy) is 1. The van der Waals surface area contributed by atoms with Crippen molar-refractivity contribution < 1.29 is 9.53 Å². The molecule has 3 rings (SSSR count). The molecule has 0 unspecified atom stereocenters. The van der Waals surface area contributed by atoms with Crippen LogP contribution in [0.5, 0.6) is 0 Å². The van der Waals surface area contributed by atoms with Gasteiger partial charge in [-0.25, -0.2) is 4.79 Å². The van der Waals surface area contributed by atoms with E-state index in [1.807, 2.05) is 19.1 Å². The fourth-order valence-corrected chi connectivity index (χ4v) is 3.48. The molecule has 1 spiro atoms. The minimum absolute atomic E-state index is 0.198. The summed E-state index contributed by atoms with van der Waals surface area (Å²) in [5, 5.41) is 3.66. The maximum Gasteiger partial charge on any atom is 0.340 e. The van der Waals surface area contributed by atoms with Crippen molar-refractivity contribution in [1.29, 1.82) is 0 Å². The molecule has 2 aliphatic rings. The van der Waals surface area contributed by atoms with Crippen molar-refractivity contribution >= 4 is 11.7 Å². The molecule has 1 heterocycles. The Hall–Kier alpha value is -1.51. The average molecular weight is 259 g/mol. The second-order valence-corrected chi connectivity index (χ2v) is 5.70. The molecule has 1 aliphatic heterocycles. The molecule has 1 saturated carbocycles. The zero-order valence-corrected chi connectivity index (χ0v) is 11.5. The van der Waals surface area contributed by atoms with Crippen LogP contribution in [0.2, 0.25) is 0 Å². The zero-order chi connectivity index (χ0) is 13.3. The number of hydrogen-bond acceptors (Lipinski definition) is 3. The Morgan fingerprint density at radius 3 is 2.84 bits per heavy atom. The highest BCUT2D eigenvalue weighted by Gasteiger charge is 2.39. The number of esters is 1. The molecule has 1 aromatic carbocycles. The summed E-state index contributed by atoms with van der Waals surface area (Å²) in [6, 6.07) is 5.97. The first-order chi connectivity index (χ1) is 9.24. The Morgan fingerprint density at radius 2 is 2.11 bits per heavy atom. The smallest absolute Gasteiger partial charge is 0.340 e. The summed E-state index contributed by atoms with van der Waals surface area (Å²) in [6.45, 7) is 2.27. The molecule has 3 heteroatoms. The van der Waals surface area contributed by atoms with Crippen molar-refractivity contribution in [2.75, 3.05) is 11.9 Å². The molecule has 102 valence electrons. The van der Waals surface area contributed by atoms with Gasteiger partial charge >= 0.3 is 5.97 Å². The fraction of sp³-hybridized carbons (Fsp3) is 0.562. The van der Waals surface area contributed by atoms with Crippen LogP contribution in [0.15, 0.2) is 18.2 Å². The first kappa shape index (κ1) is 12.5. The highest BCUT2D eigenvalue weighted by molar-refractivity contribution is 5.97. The van der Waals surface area contributed by atoms with Crippen molar-refractivity contribution in [3.8, 4) is 0 Å². The number of carbonyl (C=O) groups excluding carboxylic acids is 1. The lowest BCUT2D eigenvalue weighted by Crippen LogP contribution is -2.38. The van der Waals surface area contributed by atoms with E-state index in [4.69, 9.17) is 4.74 Å². The molecule has 19 heavy (non-hydrogen) atoms. The van der Waals surface area contributed by atoms with Gasteiger partial charge in [0.25, 0.3) is 0 Å². The van der Waals surface area contributed by atoms with Crippen molar-refractivity contribution in [2.24, 2.45) is 0 Å². The normalized spacial score (nSPS) is 19.8. The zero-order valence-electron chi connectivity index (χ0n) is 11.5. The monoisotopic (exact) mass is 259 g/mol. The van der Waals surface area contributed by atoms with Gasteiger partial charge in [0.2, 0.25) is 0 Å². The van der Waals surface area contributed by atoms with E-state index in [1.54, 1.807) is 0 Å². The SMILES string of the molecule is CCOC(=O)c1cccc2c1NC1(CCCCC1)C2. The van der Waals surface area contributed by atoms with Gasteiger partial charge in [-0.3, -0.25) is 0 Å². The Morgan fingerprint density at radius 1 is 1.32 bits per heavy atom. The molecular weight excluding hydrogens is 238 g/mol. The lowest BCUT2D eigenvalue weighted by Gasteiger charge is -2.34. The van der Waals surface area contributed by atoms with E-state index in [0.29, 0.717) is 12.2 Å². The van der Waals surface area contributed by atoms with Crippen LogP contribution in [0.25, 0.3) is 0 Å². The summed E-state index contributed by atoms with van der Waals surface area (Å²) in [6.07, 6.45) is 7.39. The van der Waals surface area contributed by atoms with E-state index in [1.165, 1.54) is 37.7 Å². The van der Waals surface area contributed by atoms with E-state index in [2.05, 4.69) is 11.4 Å². The first-order valence-electron chi connectivity index (χ1n) is 7.31. The summed E-state index contributed by atoms with van der Waals surface area (Å²) in [4.78, 5) is 12.0. The van der Waals surface area contributed by atoms with E-state index < -0.39 is 0 Å². The first-order valence-corrected chi connectivity index (χ1v) is 7.31. The maximum absolute atomic E-state index is 12.0. The van der Waals surface area contributed by atoms with Crippen LogP contribution in [-0.2, 0) is 11.2 Å². The number of benzene rings is 1. The third-order valence-corrected chi connectivity index (χ3v) is 4.38. The summed E-state index contributed by atoms with van der Waals surface area (Å²) in [5.41, 5.74) is 3.18. The molecule has 0 aromatic heterocycles. The quantitative estimate of drug-likeness (QED) is 0.826. The van der Waals surface area contributed by atoms with Crippen molar-refractivity contribution in [3.63, 3.8) is 0 Å². The van der Waals surface area contributed by atoms with Gasteiger partial charge in [0.05, 0.1) is 17.9 Å². The Kier molecular flexibility index (Phi) is 3.21. The standard InChI is InChI=1S/C16H21NO2/c1-2-19-15(18)13-8-6-7-12-11-16(17-14(12)13)9-4-3-5-10-16/h6-8,17H,2-5,9-11H2,1H3. The van der Waals surface area contributed by atoms with E-state index in [9.17, 15) is 4.79 Å². The third kappa shape index (κ3) is 2.22. The van der Waals surface area contributed by atoms with Gasteiger partial charge < -0.3 is 10.1 Å². The second-order valence-electron chi connectivity index (χ2n) is 5.70. The number of fused-ring (bicyclic) bond motifs is 1. The molecule has 1 N–H and O–H groups in total. The topological polar surface area (TPSA) is 38.3 Å². The van der Waals surface area contributed by atoms with Crippen LogP contribution < -0.4 is 5.32 Å². The second kappa shape index (κ2) is 4.87. The van der Waals surface area contributed by atoms with Gasteiger partial charge in [-0.05, 0) is 37.8 Å². The predicted molar refractivity (Wildman–Crippen MR) is 75.5 cm³/mol. The molecule has 0 radical (unpaired) electrons. The lowest BCUT2D eigenvalue weighted by molar-refractivity contribution is 0.0527. The van der Waals surface area contributed by atoms with E-state index >= 15 is 0 Å². The maximum atomic E-state index is 12.0. The Bertz CT molecular complexity index is 490. The van der Waals surface area contributed by atoms with Crippen LogP contribution >= 0.6 is 0 Å². The molecular formula is C16H21NO2. The van der Waals surface area contributed by atoms with Gasteiger partial charge in [0, 0.05) is 5.54 Å². The molecule has 0 amide bonds. The van der Waals surface area contributed by atoms with Gasteiger partial charge in [-0.2, -0.15) is 0 Å². The van der Waals surface area contributed by atoms with Gasteiger partial charge in [0.1, 0.15) is 0 Å². The lowest BCUT2D eigenvalue weighted by atomic mass is 9.80. The predicted octanol–water partition coefficient (Wildman–Crippen LogP) is 3.53. The number of nitrogens with one attached hydrogen (secondary N) is 1. The van der Waals surface area contributed by atoms with Crippen LogP contribution in [-0.4, -0.2) is 18.1 Å². The van der Waals surface area contributed by atoms with Crippen molar-refractivity contribution in [2.45, 2.75) is 51.0 Å². The number of carbonyl (C=O) groups is 1. The molecule has 1 fully saturated rings. The van der Waals surface area contributed by atoms with Crippen LogP contribution in [0.3, 0.4) is 0 Å². The summed E-state index contributed by atoms with van der Waals surface area (Å²) in [7, 11) is 0. The van der Waals surface area contributed by atoms with E-state index in [0.717, 1.165) is 12.1 Å². The highest BCUT2D eigenvalue weighted by atomic mass is 16.5. The number of hydrogen-bond donors (Lipinski definition) is 1. The van der Waals surface area contributed by atoms with Crippen LogP contribution in [0.4, 0.5) is 5.69 Å². The molecule has 3 nitrogen and oxygen atoms in total. The molecule has 1 aromatic rings. The van der Waals surface area contributed by atoms with Crippen molar-refractivity contribution in [1.82, 2.24) is 0 Å². The van der Waals surface area contributed by atoms with Crippen molar-refractivity contribution in [3.05, 3.63) is 29.3 Å². The van der Waals surface area contributed by atoms with E-state index in [-0.39, 0.29) is 11.5 Å². The third-order valence-electron chi connectivity index (χ3n) is 4.38. The Labute approximate surface area is 114 Å². The van der Waals surface area contributed by atoms with Gasteiger partial charge in [-0.1, -0.05) is 31.4 Å². The summed E-state index contributed by atoms with van der Waals surface area (Å²) >= 11 is 0. The molecule has 0 saturated heterocycles. The number of anilines is 1. The average Bonchev–Trinajstić information content (AvgIpc) is 2.76. The van der Waals surface area contributed by atoms with Gasteiger partial charge in [0.15, 0.2) is 0 Å². The highest BCUT2D eigenvalue weighted by Crippen LogP contribution is 2.42. The van der Waals surface area contributed by atoms with Crippen LogP contribution in [0, 0.1) is 0 Å². The Balaban J connectivity index is 1.90. The minimum Gasteiger partial charge on any atom is -0.462 e. The molecule has 1 aliphatic carbocycles. The fourth-order valence-electron chi connectivity index (χ4n) is 3.48. The molecule has 0 bridgehead atoms. The van der Waals surface area contributed by atoms with Crippen LogP contribution in [0.1, 0.15) is 54.9 Å². The summed E-state index contributed by atoms with van der Waals surface area (Å²) in [5.74, 6) is -0.209. The van der Waals surface area contributed by atoms with Gasteiger partial charge in [-0.15, -0.1) is 0 Å². The summed E-state index contributed by atoms with van der Waals surface area (Å²) < 4.78 is 5.15. The number of rotatable bonds is 2. The minimum atomic E-state index is -0.209.